The molecule has 1 aromatic rings. The van der Waals surface area contributed by atoms with Crippen molar-refractivity contribution < 1.29 is 19.1 Å². The van der Waals surface area contributed by atoms with Crippen molar-refractivity contribution in [3.63, 3.8) is 0 Å². The van der Waals surface area contributed by atoms with E-state index in [-0.39, 0.29) is 4.47 Å². The summed E-state index contributed by atoms with van der Waals surface area (Å²) in [6.07, 6.45) is 0. The maximum absolute atomic E-state index is 13.1. The molecule has 4 nitrogen and oxygen atoms in total. The number of hydrogen-bond donors (Lipinski definition) is 2. The van der Waals surface area contributed by atoms with Crippen LogP contribution in [0.5, 0.6) is 0 Å². The molecule has 1 atom stereocenters. The summed E-state index contributed by atoms with van der Waals surface area (Å²) in [6.45, 7) is 5.02. The first-order chi connectivity index (χ1) is 8.62. The van der Waals surface area contributed by atoms with E-state index in [0.717, 1.165) is 0 Å². The van der Waals surface area contributed by atoms with E-state index in [9.17, 15) is 14.0 Å². The number of nitrogens with one attached hydrogen (secondary N) is 1. The lowest BCUT2D eigenvalue weighted by atomic mass is 9.80. The summed E-state index contributed by atoms with van der Waals surface area (Å²) in [5.74, 6) is -3.45. The van der Waals surface area contributed by atoms with Crippen molar-refractivity contribution in [3.05, 3.63) is 28.5 Å². The predicted molar refractivity (Wildman–Crippen MR) is 73.3 cm³/mol. The van der Waals surface area contributed by atoms with E-state index >= 15 is 0 Å². The minimum atomic E-state index is -1.19. The number of carbonyl (C=O) groups excluding carboxylic acids is 1. The zero-order chi connectivity index (χ0) is 14.8. The Hall–Kier alpha value is -1.43. The second-order valence-electron chi connectivity index (χ2n) is 5.26. The molecule has 1 unspecified atom stereocenters. The van der Waals surface area contributed by atoms with Crippen LogP contribution in [0.4, 0.5) is 10.1 Å². The van der Waals surface area contributed by atoms with Gasteiger partial charge in [0.1, 0.15) is 11.7 Å². The van der Waals surface area contributed by atoms with E-state index in [4.69, 9.17) is 5.11 Å². The largest absolute Gasteiger partial charge is 0.481 e. The van der Waals surface area contributed by atoms with Crippen LogP contribution in [0.1, 0.15) is 20.8 Å². The molecule has 0 radical (unpaired) electrons. The second-order valence-corrected chi connectivity index (χ2v) is 6.11. The van der Waals surface area contributed by atoms with Crippen LogP contribution in [-0.2, 0) is 9.59 Å². The maximum atomic E-state index is 13.1. The molecule has 1 aromatic carbocycles. The molecule has 0 heterocycles. The Labute approximate surface area is 119 Å². The number of aliphatic carboxylic acids is 1. The average molecular weight is 332 g/mol. The minimum absolute atomic E-state index is 0.202. The zero-order valence-electron chi connectivity index (χ0n) is 10.8. The monoisotopic (exact) mass is 331 g/mol. The number of hydrogen-bond acceptors (Lipinski definition) is 2. The van der Waals surface area contributed by atoms with Crippen molar-refractivity contribution in [2.24, 2.45) is 11.3 Å². The molecule has 2 N–H and O–H groups in total. The summed E-state index contributed by atoms with van der Waals surface area (Å²) < 4.78 is 13.3. The summed E-state index contributed by atoms with van der Waals surface area (Å²) in [4.78, 5) is 23.2. The number of amides is 1. The van der Waals surface area contributed by atoms with Gasteiger partial charge in [-0.2, -0.15) is 0 Å². The van der Waals surface area contributed by atoms with Crippen molar-refractivity contribution in [3.8, 4) is 0 Å². The van der Waals surface area contributed by atoms with Crippen molar-refractivity contribution >= 4 is 33.5 Å². The van der Waals surface area contributed by atoms with Gasteiger partial charge in [-0.1, -0.05) is 20.8 Å². The lowest BCUT2D eigenvalue weighted by Crippen LogP contribution is -2.39. The Bertz CT molecular complexity index is 511. The van der Waals surface area contributed by atoms with Crippen LogP contribution in [0.25, 0.3) is 0 Å². The Morgan fingerprint density at radius 1 is 1.37 bits per heavy atom. The lowest BCUT2D eigenvalue weighted by Gasteiger charge is -2.25. The first kappa shape index (κ1) is 15.6. The summed E-state index contributed by atoms with van der Waals surface area (Å²) in [5, 5.41) is 11.6. The first-order valence-corrected chi connectivity index (χ1v) is 6.41. The minimum Gasteiger partial charge on any atom is -0.481 e. The number of carboxylic acids is 1. The number of rotatable bonds is 3. The van der Waals surface area contributed by atoms with Gasteiger partial charge < -0.3 is 10.4 Å². The van der Waals surface area contributed by atoms with Crippen LogP contribution in [0.15, 0.2) is 22.7 Å². The van der Waals surface area contributed by atoms with Gasteiger partial charge in [0.05, 0.1) is 4.47 Å². The average Bonchev–Trinajstić information content (AvgIpc) is 2.20. The van der Waals surface area contributed by atoms with E-state index in [1.807, 2.05) is 0 Å². The predicted octanol–water partition coefficient (Wildman–Crippen LogP) is 3.27. The molecule has 0 bridgehead atoms. The van der Waals surface area contributed by atoms with Gasteiger partial charge in [-0.3, -0.25) is 9.59 Å². The third kappa shape index (κ3) is 4.02. The highest BCUT2D eigenvalue weighted by molar-refractivity contribution is 9.10. The Balaban J connectivity index is 2.94. The quantitative estimate of drug-likeness (QED) is 0.835. The Kier molecular flexibility index (Phi) is 4.68. The van der Waals surface area contributed by atoms with E-state index in [1.165, 1.54) is 18.2 Å². The highest BCUT2D eigenvalue weighted by atomic mass is 79.9. The van der Waals surface area contributed by atoms with Crippen LogP contribution < -0.4 is 5.32 Å². The van der Waals surface area contributed by atoms with Crippen molar-refractivity contribution in [1.29, 1.82) is 0 Å². The number of carbonyl (C=O) groups is 2. The fraction of sp³-hybridized carbons (Fsp3) is 0.385. The molecular formula is C13H15BrFNO3. The number of anilines is 1. The molecule has 6 heteroatoms. The van der Waals surface area contributed by atoms with Gasteiger partial charge in [0.2, 0.25) is 5.91 Å². The molecule has 0 aromatic heterocycles. The van der Waals surface area contributed by atoms with Crippen LogP contribution in [0.3, 0.4) is 0 Å². The van der Waals surface area contributed by atoms with Gasteiger partial charge in [-0.15, -0.1) is 0 Å². The molecule has 0 fully saturated rings. The summed E-state index contributed by atoms with van der Waals surface area (Å²) in [6, 6.07) is 3.95. The summed E-state index contributed by atoms with van der Waals surface area (Å²) in [7, 11) is 0. The Morgan fingerprint density at radius 3 is 2.37 bits per heavy atom. The van der Waals surface area contributed by atoms with Gasteiger partial charge >= 0.3 is 5.97 Å². The molecule has 0 spiro atoms. The van der Waals surface area contributed by atoms with Gasteiger partial charge in [0, 0.05) is 5.69 Å². The summed E-state index contributed by atoms with van der Waals surface area (Å²) >= 11 is 3.00. The number of carboxylic acid groups (broad SMARTS) is 1. The SMILES string of the molecule is CC(C)(C)C(C(=O)O)C(=O)Nc1ccc(F)c(Br)c1. The molecule has 0 saturated carbocycles. The molecule has 19 heavy (non-hydrogen) atoms. The highest BCUT2D eigenvalue weighted by Gasteiger charge is 2.37. The standard InChI is InChI=1S/C13H15BrFNO3/c1-13(2,3)10(12(18)19)11(17)16-7-4-5-9(15)8(14)6-7/h4-6,10H,1-3H3,(H,16,17)(H,18,19). The molecule has 1 rings (SSSR count). The van der Waals surface area contributed by atoms with Crippen LogP contribution in [0.2, 0.25) is 0 Å². The number of benzene rings is 1. The van der Waals surface area contributed by atoms with Crippen molar-refractivity contribution in [2.75, 3.05) is 5.32 Å². The normalized spacial score (nSPS) is 12.9. The maximum Gasteiger partial charge on any atom is 0.316 e. The molecule has 0 aliphatic rings. The van der Waals surface area contributed by atoms with Crippen LogP contribution in [0, 0.1) is 17.2 Å². The highest BCUT2D eigenvalue weighted by Crippen LogP contribution is 2.28. The van der Waals surface area contributed by atoms with E-state index in [2.05, 4.69) is 21.2 Å². The molecular weight excluding hydrogens is 317 g/mol. The topological polar surface area (TPSA) is 66.4 Å². The van der Waals surface area contributed by atoms with E-state index in [0.29, 0.717) is 5.69 Å². The smallest absolute Gasteiger partial charge is 0.316 e. The fourth-order valence-corrected chi connectivity index (χ4v) is 2.04. The van der Waals surface area contributed by atoms with Gasteiger partial charge in [-0.25, -0.2) is 4.39 Å². The lowest BCUT2D eigenvalue weighted by molar-refractivity contribution is -0.149. The fourth-order valence-electron chi connectivity index (χ4n) is 1.66. The molecule has 0 aliphatic carbocycles. The summed E-state index contributed by atoms with van der Waals surface area (Å²) in [5.41, 5.74) is -0.374. The third-order valence-corrected chi connectivity index (χ3v) is 3.17. The van der Waals surface area contributed by atoms with Crippen molar-refractivity contribution in [1.82, 2.24) is 0 Å². The molecule has 0 saturated heterocycles. The van der Waals surface area contributed by atoms with Crippen LogP contribution in [-0.4, -0.2) is 17.0 Å². The zero-order valence-corrected chi connectivity index (χ0v) is 12.4. The third-order valence-electron chi connectivity index (χ3n) is 2.56. The number of halogens is 2. The van der Waals surface area contributed by atoms with Gasteiger partial charge in [0.15, 0.2) is 0 Å². The molecule has 1 amide bonds. The molecule has 104 valence electrons. The van der Waals surface area contributed by atoms with E-state index < -0.39 is 29.0 Å². The Morgan fingerprint density at radius 2 is 1.95 bits per heavy atom. The van der Waals surface area contributed by atoms with Crippen LogP contribution >= 0.6 is 15.9 Å². The molecule has 0 aliphatic heterocycles. The van der Waals surface area contributed by atoms with Gasteiger partial charge in [0.25, 0.3) is 0 Å². The van der Waals surface area contributed by atoms with Crippen molar-refractivity contribution in [2.45, 2.75) is 20.8 Å². The van der Waals surface area contributed by atoms with Gasteiger partial charge in [-0.05, 0) is 39.5 Å². The van der Waals surface area contributed by atoms with E-state index in [1.54, 1.807) is 20.8 Å². The first-order valence-electron chi connectivity index (χ1n) is 5.61. The second kappa shape index (κ2) is 5.69.